The van der Waals surface area contributed by atoms with Gasteiger partial charge in [0, 0.05) is 12.1 Å². The largest absolute Gasteiger partial charge is 0.379 e. The highest BCUT2D eigenvalue weighted by atomic mass is 35.5. The van der Waals surface area contributed by atoms with Crippen molar-refractivity contribution in [1.29, 1.82) is 0 Å². The lowest BCUT2D eigenvalue weighted by Gasteiger charge is -2.19. The minimum absolute atomic E-state index is 0.314. The van der Waals surface area contributed by atoms with Crippen LogP contribution in [-0.4, -0.2) is 35.4 Å². The highest BCUT2D eigenvalue weighted by molar-refractivity contribution is 6.35. The molecule has 1 aromatic carbocycles. The Morgan fingerprint density at radius 3 is 3.00 bits per heavy atom. The zero-order chi connectivity index (χ0) is 14.4. The van der Waals surface area contributed by atoms with Crippen molar-refractivity contribution in [2.24, 2.45) is 0 Å². The first-order valence-electron chi connectivity index (χ1n) is 7.77. The second-order valence-corrected chi connectivity index (χ2v) is 6.39. The number of fused-ring (bicyclic) bond motifs is 1. The number of benzene rings is 1. The zero-order valence-corrected chi connectivity index (χ0v) is 12.9. The molecular formula is C16H20ClN3O. The van der Waals surface area contributed by atoms with Crippen molar-refractivity contribution >= 4 is 22.6 Å². The first-order chi connectivity index (χ1) is 10.3. The van der Waals surface area contributed by atoms with E-state index >= 15 is 0 Å². The van der Waals surface area contributed by atoms with E-state index in [9.17, 15) is 0 Å². The van der Waals surface area contributed by atoms with E-state index in [1.54, 1.807) is 0 Å². The normalized spacial score (nSPS) is 25.8. The number of hydrogen-bond acceptors (Lipinski definition) is 3. The molecule has 2 aliphatic rings. The quantitative estimate of drug-likeness (QED) is 0.943. The molecule has 0 spiro atoms. The zero-order valence-electron chi connectivity index (χ0n) is 12.2. The summed E-state index contributed by atoms with van der Waals surface area (Å²) in [5, 5.41) is 4.33. The molecule has 1 aliphatic heterocycles. The van der Waals surface area contributed by atoms with Crippen LogP contribution in [0.1, 0.15) is 37.5 Å². The molecule has 0 amide bonds. The number of likely N-dealkylation sites (N-methyl/N-ethyl adjacent to an activating group) is 1. The van der Waals surface area contributed by atoms with E-state index in [1.165, 1.54) is 12.8 Å². The van der Waals surface area contributed by atoms with Gasteiger partial charge in [0.05, 0.1) is 35.2 Å². The van der Waals surface area contributed by atoms with E-state index < -0.39 is 0 Å². The van der Waals surface area contributed by atoms with Crippen LogP contribution >= 0.6 is 11.6 Å². The molecular weight excluding hydrogens is 286 g/mol. The molecule has 1 N–H and O–H groups in total. The van der Waals surface area contributed by atoms with E-state index in [0.717, 1.165) is 41.6 Å². The summed E-state index contributed by atoms with van der Waals surface area (Å²) in [6, 6.07) is 6.91. The van der Waals surface area contributed by atoms with Crippen LogP contribution in [0.3, 0.4) is 0 Å². The number of para-hydroxylation sites is 1. The van der Waals surface area contributed by atoms with Gasteiger partial charge in [-0.05, 0) is 31.5 Å². The fraction of sp³-hybridized carbons (Fsp3) is 0.562. The second-order valence-electron chi connectivity index (χ2n) is 5.99. The number of ether oxygens (including phenoxy) is 1. The van der Waals surface area contributed by atoms with Crippen LogP contribution in [-0.2, 0) is 4.74 Å². The summed E-state index contributed by atoms with van der Waals surface area (Å²) in [6.45, 7) is 4.59. The van der Waals surface area contributed by atoms with Gasteiger partial charge in [-0.3, -0.25) is 0 Å². The van der Waals surface area contributed by atoms with Crippen LogP contribution < -0.4 is 5.32 Å². The number of nitrogens with zero attached hydrogens (tertiary/aromatic N) is 2. The van der Waals surface area contributed by atoms with E-state index in [2.05, 4.69) is 22.9 Å². The molecule has 112 valence electrons. The third kappa shape index (κ3) is 2.26. The Morgan fingerprint density at radius 2 is 2.24 bits per heavy atom. The fourth-order valence-corrected chi connectivity index (χ4v) is 3.62. The van der Waals surface area contributed by atoms with Crippen LogP contribution in [0.4, 0.5) is 0 Å². The van der Waals surface area contributed by atoms with Crippen molar-refractivity contribution in [3.05, 3.63) is 29.0 Å². The van der Waals surface area contributed by atoms with Crippen molar-refractivity contribution in [3.63, 3.8) is 0 Å². The molecule has 5 heteroatoms. The second kappa shape index (κ2) is 5.27. The Morgan fingerprint density at radius 1 is 1.38 bits per heavy atom. The van der Waals surface area contributed by atoms with Crippen molar-refractivity contribution in [2.45, 2.75) is 37.8 Å². The highest BCUT2D eigenvalue weighted by Crippen LogP contribution is 2.43. The number of rotatable bonds is 4. The van der Waals surface area contributed by atoms with Gasteiger partial charge in [0.2, 0.25) is 0 Å². The molecule has 2 atom stereocenters. The molecule has 4 nitrogen and oxygen atoms in total. The number of halogens is 1. The standard InChI is InChI=1S/C16H20ClN3O/c1-2-18-14-9-21-8-11(14)16-19-13-5-3-4-12(17)15(13)20(16)10-6-7-10/h3-5,10-11,14,18H,2,6-9H2,1H3. The van der Waals surface area contributed by atoms with Crippen LogP contribution in [0, 0.1) is 0 Å². The molecule has 1 saturated heterocycles. The lowest BCUT2D eigenvalue weighted by molar-refractivity contribution is 0.187. The van der Waals surface area contributed by atoms with Crippen LogP contribution in [0.5, 0.6) is 0 Å². The average Bonchev–Trinajstić information content (AvgIpc) is 3.08. The predicted molar refractivity (Wildman–Crippen MR) is 84.0 cm³/mol. The van der Waals surface area contributed by atoms with Crippen LogP contribution in [0.15, 0.2) is 18.2 Å². The molecule has 21 heavy (non-hydrogen) atoms. The summed E-state index contributed by atoms with van der Waals surface area (Å²) in [5.74, 6) is 1.46. The van der Waals surface area contributed by atoms with E-state index in [-0.39, 0.29) is 0 Å². The average molecular weight is 306 g/mol. The van der Waals surface area contributed by atoms with Gasteiger partial charge in [0.15, 0.2) is 0 Å². The Balaban J connectivity index is 1.84. The van der Waals surface area contributed by atoms with E-state index in [4.69, 9.17) is 21.3 Å². The summed E-state index contributed by atoms with van der Waals surface area (Å²) >= 11 is 6.44. The lowest BCUT2D eigenvalue weighted by Crippen LogP contribution is -2.35. The maximum Gasteiger partial charge on any atom is 0.117 e. The van der Waals surface area contributed by atoms with Gasteiger partial charge in [0.1, 0.15) is 5.82 Å². The van der Waals surface area contributed by atoms with Gasteiger partial charge in [-0.25, -0.2) is 4.98 Å². The molecule has 2 heterocycles. The SMILES string of the molecule is CCNC1COCC1c1nc2cccc(Cl)c2n1C1CC1. The summed E-state index contributed by atoms with van der Waals surface area (Å²) in [4.78, 5) is 4.91. The molecule has 0 bridgehead atoms. The molecule has 1 saturated carbocycles. The Hall–Kier alpha value is -1.10. The monoisotopic (exact) mass is 305 g/mol. The Bertz CT molecular complexity index is 665. The molecule has 1 aromatic heterocycles. The number of aromatic nitrogens is 2. The molecule has 0 radical (unpaired) electrons. The molecule has 4 rings (SSSR count). The van der Waals surface area contributed by atoms with Gasteiger partial charge < -0.3 is 14.6 Å². The van der Waals surface area contributed by atoms with Gasteiger partial charge in [0.25, 0.3) is 0 Å². The topological polar surface area (TPSA) is 39.1 Å². The lowest BCUT2D eigenvalue weighted by atomic mass is 10.0. The van der Waals surface area contributed by atoms with Crippen molar-refractivity contribution < 1.29 is 4.74 Å². The minimum Gasteiger partial charge on any atom is -0.379 e. The molecule has 2 fully saturated rings. The van der Waals surface area contributed by atoms with E-state index in [1.807, 2.05) is 12.1 Å². The summed E-state index contributed by atoms with van der Waals surface area (Å²) < 4.78 is 8.09. The molecule has 2 unspecified atom stereocenters. The maximum absolute atomic E-state index is 6.44. The predicted octanol–water partition coefficient (Wildman–Crippen LogP) is 3.12. The first kappa shape index (κ1) is 13.6. The van der Waals surface area contributed by atoms with Crippen LogP contribution in [0.2, 0.25) is 5.02 Å². The Kier molecular flexibility index (Phi) is 3.40. The fourth-order valence-electron chi connectivity index (χ4n) is 3.36. The number of imidazole rings is 1. The summed E-state index contributed by atoms with van der Waals surface area (Å²) in [7, 11) is 0. The van der Waals surface area contributed by atoms with Gasteiger partial charge in [-0.1, -0.05) is 24.6 Å². The van der Waals surface area contributed by atoms with E-state index in [0.29, 0.717) is 18.0 Å². The number of nitrogens with one attached hydrogen (secondary N) is 1. The third-order valence-corrected chi connectivity index (χ3v) is 4.78. The summed E-state index contributed by atoms with van der Waals surface area (Å²) in [6.07, 6.45) is 2.45. The van der Waals surface area contributed by atoms with Gasteiger partial charge in [-0.15, -0.1) is 0 Å². The van der Waals surface area contributed by atoms with Gasteiger partial charge >= 0.3 is 0 Å². The first-order valence-corrected chi connectivity index (χ1v) is 8.15. The smallest absolute Gasteiger partial charge is 0.117 e. The maximum atomic E-state index is 6.44. The van der Waals surface area contributed by atoms with Gasteiger partial charge in [-0.2, -0.15) is 0 Å². The Labute approximate surface area is 129 Å². The van der Waals surface area contributed by atoms with Crippen molar-refractivity contribution in [1.82, 2.24) is 14.9 Å². The van der Waals surface area contributed by atoms with Crippen LogP contribution in [0.25, 0.3) is 11.0 Å². The third-order valence-electron chi connectivity index (χ3n) is 4.48. The summed E-state index contributed by atoms with van der Waals surface area (Å²) in [5.41, 5.74) is 2.10. The van der Waals surface area contributed by atoms with Crippen molar-refractivity contribution in [3.8, 4) is 0 Å². The minimum atomic E-state index is 0.314. The molecule has 1 aliphatic carbocycles. The highest BCUT2D eigenvalue weighted by Gasteiger charge is 2.37. The van der Waals surface area contributed by atoms with Crippen molar-refractivity contribution in [2.75, 3.05) is 19.8 Å². The number of hydrogen-bond donors (Lipinski definition) is 1. The molecule has 2 aromatic rings.